The Morgan fingerprint density at radius 3 is 2.88 bits per heavy atom. The maximum atomic E-state index is 8.36. The Morgan fingerprint density at radius 2 is 2.19 bits per heavy atom. The first-order valence-electron chi connectivity index (χ1n) is 10.3. The largest absolute Gasteiger partial charge is 0.483 e. The predicted molar refractivity (Wildman–Crippen MR) is 123 cm³/mol. The van der Waals surface area contributed by atoms with Crippen molar-refractivity contribution in [3.8, 4) is 0 Å². The van der Waals surface area contributed by atoms with Crippen LogP contribution >= 0.6 is 11.3 Å². The standard InChI is InChI=1S/C22H21N5OS.CH2O2/c1-13-8-17(6-7-28-13)27-21(10-16-12-29-14(2)25-16)26-20-11-24-19-5-4-15(23-3)9-18(19)22(20)27;2-1-3/h4-5,9,11-13,17H,6-8,10H2,1-2H3;1H,(H,2,3)/t13-,17-;/m1./s1. The number of aryl methyl sites for hydroxylation is 1. The van der Waals surface area contributed by atoms with Gasteiger partial charge in [-0.15, -0.1) is 11.3 Å². The minimum atomic E-state index is -0.250. The van der Waals surface area contributed by atoms with Gasteiger partial charge in [0.2, 0.25) is 0 Å². The number of rotatable bonds is 3. The molecule has 1 aliphatic rings. The van der Waals surface area contributed by atoms with Gasteiger partial charge in [0.15, 0.2) is 5.69 Å². The van der Waals surface area contributed by atoms with E-state index in [-0.39, 0.29) is 12.6 Å². The molecule has 0 unspecified atom stereocenters. The van der Waals surface area contributed by atoms with Crippen molar-refractivity contribution in [2.75, 3.05) is 6.61 Å². The number of fused-ring (bicyclic) bond motifs is 3. The van der Waals surface area contributed by atoms with Gasteiger partial charge in [-0.05, 0) is 38.8 Å². The summed E-state index contributed by atoms with van der Waals surface area (Å²) in [6, 6.07) is 6.00. The molecule has 0 aliphatic carbocycles. The summed E-state index contributed by atoms with van der Waals surface area (Å²) < 4.78 is 8.18. The van der Waals surface area contributed by atoms with Gasteiger partial charge in [-0.25, -0.2) is 14.8 Å². The number of thiazole rings is 1. The summed E-state index contributed by atoms with van der Waals surface area (Å²) in [4.78, 5) is 26.2. The number of pyridine rings is 1. The molecule has 4 aromatic rings. The van der Waals surface area contributed by atoms with Crippen molar-refractivity contribution >= 4 is 45.4 Å². The zero-order valence-electron chi connectivity index (χ0n) is 17.9. The Labute approximate surface area is 189 Å². The quantitative estimate of drug-likeness (QED) is 0.352. The van der Waals surface area contributed by atoms with E-state index in [4.69, 9.17) is 26.2 Å². The van der Waals surface area contributed by atoms with Crippen molar-refractivity contribution in [2.24, 2.45) is 0 Å². The number of imidazole rings is 1. The molecule has 5 rings (SSSR count). The van der Waals surface area contributed by atoms with Gasteiger partial charge in [0.05, 0.1) is 40.6 Å². The monoisotopic (exact) mass is 449 g/mol. The van der Waals surface area contributed by atoms with Crippen LogP contribution in [0.25, 0.3) is 26.8 Å². The van der Waals surface area contributed by atoms with E-state index in [0.29, 0.717) is 18.2 Å². The van der Waals surface area contributed by atoms with Gasteiger partial charge < -0.3 is 14.4 Å². The van der Waals surface area contributed by atoms with Gasteiger partial charge in [0.25, 0.3) is 6.47 Å². The maximum absolute atomic E-state index is 8.36. The van der Waals surface area contributed by atoms with E-state index in [1.165, 1.54) is 0 Å². The summed E-state index contributed by atoms with van der Waals surface area (Å²) in [5, 5.41) is 11.1. The third-order valence-corrected chi connectivity index (χ3v) is 6.35. The lowest BCUT2D eigenvalue weighted by Crippen LogP contribution is -2.26. The van der Waals surface area contributed by atoms with Crippen molar-refractivity contribution in [3.05, 3.63) is 57.7 Å². The minimum absolute atomic E-state index is 0.215. The van der Waals surface area contributed by atoms with Crippen LogP contribution in [0, 0.1) is 13.5 Å². The van der Waals surface area contributed by atoms with Crippen LogP contribution in [0.15, 0.2) is 29.8 Å². The smallest absolute Gasteiger partial charge is 0.290 e. The average Bonchev–Trinajstić information content (AvgIpc) is 3.37. The Kier molecular flexibility index (Phi) is 6.44. The summed E-state index contributed by atoms with van der Waals surface area (Å²) >= 11 is 1.67. The summed E-state index contributed by atoms with van der Waals surface area (Å²) in [7, 11) is 0. The van der Waals surface area contributed by atoms with Gasteiger partial charge >= 0.3 is 0 Å². The average molecular weight is 450 g/mol. The normalized spacial score (nSPS) is 18.2. The molecule has 0 amide bonds. The Balaban J connectivity index is 0.000000775. The zero-order valence-corrected chi connectivity index (χ0v) is 18.7. The number of nitrogens with zero attached hydrogens (tertiary/aromatic N) is 5. The summed E-state index contributed by atoms with van der Waals surface area (Å²) in [5.74, 6) is 1.01. The van der Waals surface area contributed by atoms with Gasteiger partial charge in [0.1, 0.15) is 11.3 Å². The fraction of sp³-hybridized carbons (Fsp3) is 0.348. The highest BCUT2D eigenvalue weighted by atomic mass is 32.1. The lowest BCUT2D eigenvalue weighted by molar-refractivity contribution is -0.122. The first-order valence-corrected chi connectivity index (χ1v) is 11.2. The second-order valence-electron chi connectivity index (χ2n) is 7.70. The fourth-order valence-corrected chi connectivity index (χ4v) is 4.87. The first-order chi connectivity index (χ1) is 15.5. The lowest BCUT2D eigenvalue weighted by Gasteiger charge is -2.30. The number of benzene rings is 1. The van der Waals surface area contributed by atoms with Crippen LogP contribution in [-0.2, 0) is 16.0 Å². The Bertz CT molecular complexity index is 1310. The number of carbonyl (C=O) groups is 1. The van der Waals surface area contributed by atoms with E-state index in [0.717, 1.165) is 57.9 Å². The third kappa shape index (κ3) is 4.33. The number of hydrogen-bond acceptors (Lipinski definition) is 6. The molecule has 1 N–H and O–H groups in total. The van der Waals surface area contributed by atoms with Crippen LogP contribution in [0.5, 0.6) is 0 Å². The summed E-state index contributed by atoms with van der Waals surface area (Å²) in [6.07, 6.45) is 4.65. The highest BCUT2D eigenvalue weighted by molar-refractivity contribution is 7.09. The van der Waals surface area contributed by atoms with Crippen LogP contribution in [0.4, 0.5) is 5.69 Å². The molecule has 4 heterocycles. The molecule has 1 aromatic carbocycles. The van der Waals surface area contributed by atoms with Gasteiger partial charge in [-0.1, -0.05) is 6.07 Å². The summed E-state index contributed by atoms with van der Waals surface area (Å²) in [6.45, 7) is 12.1. The zero-order chi connectivity index (χ0) is 22.7. The molecule has 1 fully saturated rings. The molecule has 8 nitrogen and oxygen atoms in total. The second kappa shape index (κ2) is 9.42. The summed E-state index contributed by atoms with van der Waals surface area (Å²) in [5.41, 5.74) is 4.50. The fourth-order valence-electron chi connectivity index (χ4n) is 4.26. The maximum Gasteiger partial charge on any atom is 0.290 e. The van der Waals surface area contributed by atoms with Crippen LogP contribution in [0.2, 0.25) is 0 Å². The molecular formula is C23H23N5O3S. The van der Waals surface area contributed by atoms with E-state index in [1.807, 2.05) is 31.3 Å². The predicted octanol–water partition coefficient (Wildman–Crippen LogP) is 4.93. The van der Waals surface area contributed by atoms with Crippen LogP contribution in [-0.4, -0.2) is 43.8 Å². The number of aromatic nitrogens is 4. The molecular weight excluding hydrogens is 426 g/mol. The lowest BCUT2D eigenvalue weighted by atomic mass is 10.0. The third-order valence-electron chi connectivity index (χ3n) is 5.53. The van der Waals surface area contributed by atoms with Crippen molar-refractivity contribution in [1.29, 1.82) is 0 Å². The van der Waals surface area contributed by atoms with Gasteiger partial charge in [-0.3, -0.25) is 9.78 Å². The Morgan fingerprint density at radius 1 is 1.38 bits per heavy atom. The van der Waals surface area contributed by atoms with E-state index in [2.05, 4.69) is 31.7 Å². The molecule has 1 saturated heterocycles. The van der Waals surface area contributed by atoms with Crippen molar-refractivity contribution < 1.29 is 14.6 Å². The van der Waals surface area contributed by atoms with Crippen molar-refractivity contribution in [3.63, 3.8) is 0 Å². The molecule has 0 bridgehead atoms. The highest BCUT2D eigenvalue weighted by Gasteiger charge is 2.26. The van der Waals surface area contributed by atoms with E-state index < -0.39 is 0 Å². The molecule has 0 spiro atoms. The van der Waals surface area contributed by atoms with Crippen LogP contribution < -0.4 is 0 Å². The topological polar surface area (TPSA) is 94.5 Å². The molecule has 9 heteroatoms. The van der Waals surface area contributed by atoms with Crippen molar-refractivity contribution in [1.82, 2.24) is 19.5 Å². The van der Waals surface area contributed by atoms with E-state index in [9.17, 15) is 0 Å². The van der Waals surface area contributed by atoms with Crippen LogP contribution in [0.1, 0.15) is 42.3 Å². The highest BCUT2D eigenvalue weighted by Crippen LogP contribution is 2.35. The number of ether oxygens (including phenoxy) is 1. The van der Waals surface area contributed by atoms with Gasteiger partial charge in [0, 0.05) is 29.8 Å². The molecule has 2 atom stereocenters. The first kappa shape index (κ1) is 21.9. The van der Waals surface area contributed by atoms with Crippen LogP contribution in [0.3, 0.4) is 0 Å². The SMILES string of the molecule is O=CO.[C-]#[N+]c1ccc2ncc3nc(Cc4csc(C)n4)n([C@@H]4CCO[C@H](C)C4)c3c2c1. The number of hydrogen-bond donors (Lipinski definition) is 1. The second-order valence-corrected chi connectivity index (χ2v) is 8.77. The van der Waals surface area contributed by atoms with E-state index in [1.54, 1.807) is 11.3 Å². The molecule has 32 heavy (non-hydrogen) atoms. The van der Waals surface area contributed by atoms with Crippen molar-refractivity contribution in [2.45, 2.75) is 45.3 Å². The molecule has 3 aromatic heterocycles. The van der Waals surface area contributed by atoms with Gasteiger partial charge in [-0.2, -0.15) is 0 Å². The molecule has 0 saturated carbocycles. The number of carboxylic acid groups (broad SMARTS) is 1. The molecule has 164 valence electrons. The molecule has 1 aliphatic heterocycles. The Hall–Kier alpha value is -3.35. The molecule has 0 radical (unpaired) electrons. The van der Waals surface area contributed by atoms with E-state index >= 15 is 0 Å². The minimum Gasteiger partial charge on any atom is -0.483 e.